The molecule has 1 aromatic carbocycles. The van der Waals surface area contributed by atoms with E-state index in [1.165, 1.54) is 0 Å². The molecule has 1 unspecified atom stereocenters. The minimum absolute atomic E-state index is 0.130. The fourth-order valence-electron chi connectivity index (χ4n) is 2.99. The highest BCUT2D eigenvalue weighted by molar-refractivity contribution is 5.26. The van der Waals surface area contributed by atoms with Gasteiger partial charge in [-0.05, 0) is 13.0 Å². The van der Waals surface area contributed by atoms with E-state index in [1.807, 2.05) is 0 Å². The van der Waals surface area contributed by atoms with Gasteiger partial charge in [-0.3, -0.25) is 0 Å². The van der Waals surface area contributed by atoms with Crippen molar-refractivity contribution in [1.82, 2.24) is 0 Å². The summed E-state index contributed by atoms with van der Waals surface area (Å²) < 4.78 is 343. The largest absolute Gasteiger partial charge is 0.385 e. The van der Waals surface area contributed by atoms with E-state index >= 15 is 0 Å². The second-order valence-electron chi connectivity index (χ2n) is 8.83. The minimum atomic E-state index is -9.58. The Bertz CT molecular complexity index is 1190. The first kappa shape index (κ1) is 40.5. The average Bonchev–Trinajstić information content (AvgIpc) is 2.87. The van der Waals surface area contributed by atoms with E-state index in [4.69, 9.17) is 0 Å². The Morgan fingerprint density at radius 3 is 0.933 bits per heavy atom. The number of alkyl halides is 25. The van der Waals surface area contributed by atoms with Crippen molar-refractivity contribution in [2.75, 3.05) is 0 Å². The maximum Gasteiger partial charge on any atom is 0.385 e. The molecule has 0 spiro atoms. The summed E-state index contributed by atoms with van der Waals surface area (Å²) in [4.78, 5) is 0. The van der Waals surface area contributed by atoms with Gasteiger partial charge in [0.15, 0.2) is 6.17 Å². The smallest absolute Gasteiger partial charge is 0.241 e. The van der Waals surface area contributed by atoms with Crippen LogP contribution < -0.4 is 0 Å². The second-order valence-corrected chi connectivity index (χ2v) is 8.83. The fourth-order valence-corrected chi connectivity index (χ4v) is 2.99. The standard InChI is InChI=1S/C20H8F25/c1-7(21)9(22,23)11(26,27)13(30,31)15(34,35)17(38,39)19(42,43)20(44,45)18(40,41)16(36,37)14(32,33)12(28,29)10(24,25)8-5-3-2-4-6-8/h2-5,7H,1H3. The molecule has 0 fully saturated rings. The lowest BCUT2D eigenvalue weighted by Crippen LogP contribution is -2.78. The molecule has 1 atom stereocenters. The molecule has 0 saturated heterocycles. The fraction of sp³-hybridized carbons (Fsp3) is 0.700. The van der Waals surface area contributed by atoms with Crippen LogP contribution in [0.3, 0.4) is 0 Å². The predicted molar refractivity (Wildman–Crippen MR) is 94.2 cm³/mol. The lowest BCUT2D eigenvalue weighted by Gasteiger charge is -2.46. The van der Waals surface area contributed by atoms with Gasteiger partial charge in [0.2, 0.25) is 0 Å². The number of rotatable bonds is 13. The van der Waals surface area contributed by atoms with Crippen molar-refractivity contribution in [1.29, 1.82) is 0 Å². The first-order valence-corrected chi connectivity index (χ1v) is 10.4. The van der Waals surface area contributed by atoms with E-state index < -0.39 is 89.7 Å². The highest BCUT2D eigenvalue weighted by Gasteiger charge is 2.99. The van der Waals surface area contributed by atoms with Gasteiger partial charge < -0.3 is 0 Å². The minimum Gasteiger partial charge on any atom is -0.241 e. The molecular formula is C20H8F25. The van der Waals surface area contributed by atoms with E-state index in [1.54, 1.807) is 0 Å². The molecule has 0 amide bonds. The molecule has 0 aromatic heterocycles. The third-order valence-corrected chi connectivity index (χ3v) is 5.91. The molecule has 263 valence electrons. The molecule has 0 saturated carbocycles. The van der Waals surface area contributed by atoms with Crippen LogP contribution in [-0.2, 0) is 5.92 Å². The topological polar surface area (TPSA) is 0 Å². The third kappa shape index (κ3) is 4.76. The van der Waals surface area contributed by atoms with Crippen LogP contribution >= 0.6 is 0 Å². The van der Waals surface area contributed by atoms with Gasteiger partial charge in [0.05, 0.1) is 0 Å². The molecule has 0 aliphatic carbocycles. The summed E-state index contributed by atoms with van der Waals surface area (Å²) in [5.41, 5.74) is -2.64. The van der Waals surface area contributed by atoms with Crippen molar-refractivity contribution in [3.05, 3.63) is 35.9 Å². The van der Waals surface area contributed by atoms with Gasteiger partial charge in [0.25, 0.3) is 0 Å². The first-order chi connectivity index (χ1) is 19.3. The van der Waals surface area contributed by atoms with Crippen molar-refractivity contribution in [3.63, 3.8) is 0 Å². The monoisotopic (exact) mass is 723 g/mol. The van der Waals surface area contributed by atoms with Crippen LogP contribution in [0.4, 0.5) is 110 Å². The maximum absolute atomic E-state index is 14.0. The molecule has 0 aliphatic rings. The summed E-state index contributed by atoms with van der Waals surface area (Å²) in [5.74, 6) is -105. The first-order valence-electron chi connectivity index (χ1n) is 10.4. The number of benzene rings is 1. The van der Waals surface area contributed by atoms with Gasteiger partial charge >= 0.3 is 71.1 Å². The Morgan fingerprint density at radius 1 is 0.422 bits per heavy atom. The van der Waals surface area contributed by atoms with Crippen molar-refractivity contribution in [2.24, 2.45) is 0 Å². The van der Waals surface area contributed by atoms with Gasteiger partial charge in [0.1, 0.15) is 0 Å². The lowest BCUT2D eigenvalue weighted by molar-refractivity contribution is -0.479. The summed E-state index contributed by atoms with van der Waals surface area (Å²) in [5, 5.41) is 0. The number of halogens is 25. The molecular weight excluding hydrogens is 715 g/mol. The average molecular weight is 723 g/mol. The summed E-state index contributed by atoms with van der Waals surface area (Å²) in [6.07, 6.45) is -4.82. The van der Waals surface area contributed by atoms with Gasteiger partial charge in [-0.25, -0.2) is 4.39 Å². The molecule has 25 heteroatoms. The Labute approximate surface area is 231 Å². The molecule has 0 heterocycles. The van der Waals surface area contributed by atoms with Crippen molar-refractivity contribution >= 4 is 0 Å². The highest BCUT2D eigenvalue weighted by Crippen LogP contribution is 2.68. The Morgan fingerprint density at radius 2 is 0.689 bits per heavy atom. The quantitative estimate of drug-likeness (QED) is 0.178. The second kappa shape index (κ2) is 10.5. The van der Waals surface area contributed by atoms with Crippen LogP contribution in [0.25, 0.3) is 0 Å². The zero-order chi connectivity index (χ0) is 36.7. The molecule has 1 radical (unpaired) electrons. The maximum atomic E-state index is 14.0. The normalized spacial score (nSPS) is 17.0. The van der Waals surface area contributed by atoms with E-state index in [0.29, 0.717) is 6.07 Å². The highest BCUT2D eigenvalue weighted by atomic mass is 19.4. The van der Waals surface area contributed by atoms with Gasteiger partial charge in [0, 0.05) is 5.56 Å². The number of hydrogen-bond donors (Lipinski definition) is 0. The van der Waals surface area contributed by atoms with Crippen molar-refractivity contribution < 1.29 is 110 Å². The van der Waals surface area contributed by atoms with Gasteiger partial charge in [-0.15, -0.1) is 0 Å². The van der Waals surface area contributed by atoms with Gasteiger partial charge in [-0.2, -0.15) is 105 Å². The van der Waals surface area contributed by atoms with Crippen LogP contribution in [0.15, 0.2) is 24.3 Å². The molecule has 0 aliphatic heterocycles. The molecule has 45 heavy (non-hydrogen) atoms. The zero-order valence-electron chi connectivity index (χ0n) is 20.3. The Balaban J connectivity index is 3.92. The number of hydrogen-bond acceptors (Lipinski definition) is 0. The lowest BCUT2D eigenvalue weighted by atomic mass is 9.83. The molecule has 0 N–H and O–H groups in total. The summed E-state index contributed by atoms with van der Waals surface area (Å²) >= 11 is 0. The zero-order valence-corrected chi connectivity index (χ0v) is 20.3. The van der Waals surface area contributed by atoms with Gasteiger partial charge in [-0.1, -0.05) is 24.3 Å². The van der Waals surface area contributed by atoms with Crippen LogP contribution in [0, 0.1) is 6.07 Å². The molecule has 0 bridgehead atoms. The van der Waals surface area contributed by atoms with Crippen LogP contribution in [0.5, 0.6) is 0 Å². The molecule has 0 nitrogen and oxygen atoms in total. The Kier molecular flexibility index (Phi) is 9.44. The van der Waals surface area contributed by atoms with E-state index in [0.717, 1.165) is 6.07 Å². The van der Waals surface area contributed by atoms with E-state index in [9.17, 15) is 110 Å². The Hall–Kier alpha value is -2.53. The molecule has 1 rings (SSSR count). The van der Waals surface area contributed by atoms with Crippen LogP contribution in [0.2, 0.25) is 0 Å². The summed E-state index contributed by atoms with van der Waals surface area (Å²) in [6.45, 7) is -0.888. The van der Waals surface area contributed by atoms with Crippen molar-refractivity contribution in [2.45, 2.75) is 84.2 Å². The van der Waals surface area contributed by atoms with Crippen molar-refractivity contribution in [3.8, 4) is 0 Å². The summed E-state index contributed by atoms with van der Waals surface area (Å²) in [6, 6.07) is 1.51. The third-order valence-electron chi connectivity index (χ3n) is 5.91. The SMILES string of the molecule is CC(F)C(F)(F)C(F)(F)C(F)(F)C(F)(F)C(F)(F)C(F)(F)C(F)(F)C(F)(F)C(F)(F)C(F)(F)C(F)(F)C(F)(F)c1[c]cccc1. The van der Waals surface area contributed by atoms with Crippen LogP contribution in [-0.4, -0.2) is 71.3 Å². The molecule has 1 aromatic rings. The summed E-state index contributed by atoms with van der Waals surface area (Å²) in [7, 11) is 0. The predicted octanol–water partition coefficient (Wildman–Crippen LogP) is 9.92. The van der Waals surface area contributed by atoms with E-state index in [-0.39, 0.29) is 18.2 Å². The van der Waals surface area contributed by atoms with Crippen LogP contribution in [0.1, 0.15) is 12.5 Å². The van der Waals surface area contributed by atoms with E-state index in [2.05, 4.69) is 0 Å².